The molecule has 8 heteroatoms. The quantitative estimate of drug-likeness (QED) is 0.590. The zero-order chi connectivity index (χ0) is 19.5. The van der Waals surface area contributed by atoms with E-state index >= 15 is 0 Å². The molecule has 1 fully saturated rings. The fourth-order valence-corrected chi connectivity index (χ4v) is 2.59. The summed E-state index contributed by atoms with van der Waals surface area (Å²) in [5.41, 5.74) is 1.57. The second-order valence-corrected chi connectivity index (χ2v) is 6.53. The monoisotopic (exact) mass is 361 g/mol. The molecular formula is C18H23N3O5. The third-order valence-corrected chi connectivity index (χ3v) is 4.36. The molecule has 1 saturated heterocycles. The minimum atomic E-state index is -1.02. The van der Waals surface area contributed by atoms with E-state index in [1.807, 2.05) is 26.0 Å². The summed E-state index contributed by atoms with van der Waals surface area (Å²) in [5, 5.41) is 5.19. The highest BCUT2D eigenvalue weighted by Crippen LogP contribution is 2.20. The van der Waals surface area contributed by atoms with Crippen LogP contribution in [0.3, 0.4) is 0 Å². The van der Waals surface area contributed by atoms with E-state index in [1.54, 1.807) is 19.9 Å². The predicted molar refractivity (Wildman–Crippen MR) is 94.4 cm³/mol. The Kier molecular flexibility index (Phi) is 5.64. The number of hydrogen-bond donors (Lipinski definition) is 2. The molecule has 0 spiro atoms. The van der Waals surface area contributed by atoms with Gasteiger partial charge in [-0.1, -0.05) is 24.6 Å². The molecule has 0 aliphatic carbocycles. The molecule has 0 bridgehead atoms. The van der Waals surface area contributed by atoms with Crippen LogP contribution in [0.15, 0.2) is 18.2 Å². The maximum Gasteiger partial charge on any atom is 0.326 e. The van der Waals surface area contributed by atoms with Gasteiger partial charge in [-0.05, 0) is 38.8 Å². The number of esters is 1. The molecule has 1 aliphatic heterocycles. The van der Waals surface area contributed by atoms with Crippen molar-refractivity contribution < 1.29 is 23.9 Å². The van der Waals surface area contributed by atoms with Crippen molar-refractivity contribution in [2.75, 3.05) is 18.5 Å². The molecule has 0 saturated carbocycles. The van der Waals surface area contributed by atoms with Gasteiger partial charge in [0.1, 0.15) is 12.1 Å². The van der Waals surface area contributed by atoms with Crippen LogP contribution in [0.4, 0.5) is 10.5 Å². The van der Waals surface area contributed by atoms with Crippen LogP contribution >= 0.6 is 0 Å². The molecule has 1 aromatic rings. The molecule has 0 radical (unpaired) electrons. The highest BCUT2D eigenvalue weighted by Gasteiger charge is 2.47. The van der Waals surface area contributed by atoms with Gasteiger partial charge in [-0.25, -0.2) is 4.79 Å². The van der Waals surface area contributed by atoms with Crippen molar-refractivity contribution in [2.45, 2.75) is 39.7 Å². The molecule has 1 aromatic carbocycles. The van der Waals surface area contributed by atoms with Gasteiger partial charge in [0.05, 0.1) is 0 Å². The van der Waals surface area contributed by atoms with Crippen molar-refractivity contribution in [1.29, 1.82) is 0 Å². The number of ether oxygens (including phenoxy) is 1. The average molecular weight is 361 g/mol. The molecule has 1 heterocycles. The van der Waals surface area contributed by atoms with E-state index in [-0.39, 0.29) is 0 Å². The summed E-state index contributed by atoms with van der Waals surface area (Å²) >= 11 is 0. The smallest absolute Gasteiger partial charge is 0.326 e. The van der Waals surface area contributed by atoms with Gasteiger partial charge in [0.25, 0.3) is 11.8 Å². The number of aryl methyl sites for hydroxylation is 2. The zero-order valence-corrected chi connectivity index (χ0v) is 15.3. The fraction of sp³-hybridized carbons (Fsp3) is 0.444. The predicted octanol–water partition coefficient (Wildman–Crippen LogP) is 1.51. The van der Waals surface area contributed by atoms with Crippen molar-refractivity contribution in [3.63, 3.8) is 0 Å². The van der Waals surface area contributed by atoms with Crippen LogP contribution in [0.2, 0.25) is 0 Å². The number of benzene rings is 1. The summed E-state index contributed by atoms with van der Waals surface area (Å²) in [4.78, 5) is 48.7. The third-order valence-electron chi connectivity index (χ3n) is 4.36. The fourth-order valence-electron chi connectivity index (χ4n) is 2.59. The second kappa shape index (κ2) is 7.55. The average Bonchev–Trinajstić information content (AvgIpc) is 2.79. The lowest BCUT2D eigenvalue weighted by molar-refractivity contribution is -0.150. The number of carbonyl (C=O) groups excluding carboxylic acids is 4. The summed E-state index contributed by atoms with van der Waals surface area (Å²) in [5.74, 6) is -1.81. The lowest BCUT2D eigenvalue weighted by atomic mass is 9.99. The SMILES string of the molecule is CC[C@@]1(C)NC(=O)N(CC(=O)OCC(=O)Nc2ccc(C)cc2C)C1=O. The van der Waals surface area contributed by atoms with E-state index in [0.717, 1.165) is 16.0 Å². The molecule has 4 amide bonds. The number of urea groups is 1. The minimum Gasteiger partial charge on any atom is -0.454 e. The van der Waals surface area contributed by atoms with Crippen LogP contribution in [0.1, 0.15) is 31.4 Å². The number of rotatable bonds is 6. The normalized spacial score (nSPS) is 19.3. The maximum absolute atomic E-state index is 12.2. The minimum absolute atomic E-state index is 0.404. The maximum atomic E-state index is 12.2. The number of carbonyl (C=O) groups is 4. The number of hydrogen-bond acceptors (Lipinski definition) is 5. The van der Waals surface area contributed by atoms with Gasteiger partial charge in [0.2, 0.25) is 0 Å². The number of anilines is 1. The molecule has 0 aromatic heterocycles. The first kappa shape index (κ1) is 19.4. The summed E-state index contributed by atoms with van der Waals surface area (Å²) in [6.07, 6.45) is 0.404. The topological polar surface area (TPSA) is 105 Å². The van der Waals surface area contributed by atoms with Gasteiger partial charge >= 0.3 is 12.0 Å². The Bertz CT molecular complexity index is 761. The summed E-state index contributed by atoms with van der Waals surface area (Å²) in [7, 11) is 0. The van der Waals surface area contributed by atoms with Crippen LogP contribution in [0, 0.1) is 13.8 Å². The van der Waals surface area contributed by atoms with Crippen molar-refractivity contribution in [3.8, 4) is 0 Å². The molecular weight excluding hydrogens is 338 g/mol. The molecule has 1 atom stereocenters. The van der Waals surface area contributed by atoms with Crippen LogP contribution in [0.25, 0.3) is 0 Å². The second-order valence-electron chi connectivity index (χ2n) is 6.53. The Balaban J connectivity index is 1.86. The zero-order valence-electron chi connectivity index (χ0n) is 15.3. The van der Waals surface area contributed by atoms with E-state index < -0.39 is 42.5 Å². The Morgan fingerprint density at radius 2 is 1.96 bits per heavy atom. The summed E-state index contributed by atoms with van der Waals surface area (Å²) in [6.45, 7) is 6.13. The lowest BCUT2D eigenvalue weighted by Crippen LogP contribution is -2.43. The van der Waals surface area contributed by atoms with Crippen molar-refractivity contribution in [2.24, 2.45) is 0 Å². The first-order chi connectivity index (χ1) is 12.2. The van der Waals surface area contributed by atoms with Gasteiger partial charge < -0.3 is 15.4 Å². The summed E-state index contributed by atoms with van der Waals surface area (Å²) < 4.78 is 4.88. The van der Waals surface area contributed by atoms with E-state index in [4.69, 9.17) is 4.74 Å². The van der Waals surface area contributed by atoms with E-state index in [2.05, 4.69) is 10.6 Å². The largest absolute Gasteiger partial charge is 0.454 e. The number of nitrogens with zero attached hydrogens (tertiary/aromatic N) is 1. The number of imide groups is 1. The molecule has 2 rings (SSSR count). The van der Waals surface area contributed by atoms with Crippen molar-refractivity contribution in [1.82, 2.24) is 10.2 Å². The molecule has 140 valence electrons. The van der Waals surface area contributed by atoms with E-state index in [9.17, 15) is 19.2 Å². The van der Waals surface area contributed by atoms with E-state index in [1.165, 1.54) is 0 Å². The van der Waals surface area contributed by atoms with Gasteiger partial charge in [-0.15, -0.1) is 0 Å². The van der Waals surface area contributed by atoms with Gasteiger partial charge in [0, 0.05) is 5.69 Å². The Morgan fingerprint density at radius 1 is 1.27 bits per heavy atom. The van der Waals surface area contributed by atoms with E-state index in [0.29, 0.717) is 12.1 Å². The summed E-state index contributed by atoms with van der Waals surface area (Å²) in [6, 6.07) is 4.90. The standard InChI is InChI=1S/C18H23N3O5/c1-5-18(4)16(24)21(17(25)20-18)9-15(23)26-10-14(22)19-13-7-6-11(2)8-12(13)3/h6-8H,5,9-10H2,1-4H3,(H,19,22)(H,20,25)/t18-/m1/s1. The molecule has 1 aliphatic rings. The van der Waals surface area contributed by atoms with Crippen molar-refractivity contribution >= 4 is 29.5 Å². The van der Waals surface area contributed by atoms with Gasteiger partial charge in [-0.3, -0.25) is 19.3 Å². The number of nitrogens with one attached hydrogen (secondary N) is 2. The highest BCUT2D eigenvalue weighted by molar-refractivity contribution is 6.08. The van der Waals surface area contributed by atoms with Gasteiger partial charge in [-0.2, -0.15) is 0 Å². The Labute approximate surface area is 151 Å². The lowest BCUT2D eigenvalue weighted by Gasteiger charge is -2.18. The molecule has 26 heavy (non-hydrogen) atoms. The Morgan fingerprint density at radius 3 is 2.54 bits per heavy atom. The highest BCUT2D eigenvalue weighted by atomic mass is 16.5. The van der Waals surface area contributed by atoms with Crippen molar-refractivity contribution in [3.05, 3.63) is 29.3 Å². The molecule has 0 unspecified atom stereocenters. The first-order valence-electron chi connectivity index (χ1n) is 8.33. The van der Waals surface area contributed by atoms with Crippen LogP contribution in [0.5, 0.6) is 0 Å². The molecule has 8 nitrogen and oxygen atoms in total. The third kappa shape index (κ3) is 4.19. The van der Waals surface area contributed by atoms with Crippen LogP contribution < -0.4 is 10.6 Å². The van der Waals surface area contributed by atoms with Gasteiger partial charge in [0.15, 0.2) is 6.61 Å². The first-order valence-corrected chi connectivity index (χ1v) is 8.33. The molecule has 2 N–H and O–H groups in total. The Hall–Kier alpha value is -2.90. The van der Waals surface area contributed by atoms with Crippen LogP contribution in [-0.2, 0) is 19.1 Å². The number of amides is 4. The van der Waals surface area contributed by atoms with Crippen LogP contribution in [-0.4, -0.2) is 47.4 Å².